The van der Waals surface area contributed by atoms with Gasteiger partial charge in [-0.25, -0.2) is 4.79 Å². The Hall–Kier alpha value is -2.86. The van der Waals surface area contributed by atoms with Gasteiger partial charge < -0.3 is 20.1 Å². The van der Waals surface area contributed by atoms with Crippen molar-refractivity contribution in [1.29, 1.82) is 0 Å². The zero-order valence-corrected chi connectivity index (χ0v) is 13.2. The zero-order chi connectivity index (χ0) is 19.1. The van der Waals surface area contributed by atoms with E-state index in [4.69, 9.17) is 4.74 Å². The predicted molar refractivity (Wildman–Crippen MR) is 85.5 cm³/mol. The molecule has 11 nitrogen and oxygen atoms in total. The van der Waals surface area contributed by atoms with E-state index in [0.29, 0.717) is 0 Å². The third-order valence-electron chi connectivity index (χ3n) is 4.29. The van der Waals surface area contributed by atoms with Gasteiger partial charge >= 0.3 is 5.69 Å². The Morgan fingerprint density at radius 2 is 1.88 bits per heavy atom. The van der Waals surface area contributed by atoms with Crippen molar-refractivity contribution in [2.24, 2.45) is 0 Å². The number of ether oxygens (including phenoxy) is 1. The molecule has 1 saturated heterocycles. The average Bonchev–Trinajstić information content (AvgIpc) is 2.87. The number of hydrogen-bond acceptors (Lipinski definition) is 8. The molecule has 26 heavy (non-hydrogen) atoms. The van der Waals surface area contributed by atoms with Crippen LogP contribution < -0.4 is 11.2 Å². The number of nitrogens with zero attached hydrogens (tertiary/aromatic N) is 2. The van der Waals surface area contributed by atoms with Gasteiger partial charge in [0.15, 0.2) is 0 Å². The first-order valence-electron chi connectivity index (χ1n) is 7.53. The second-order valence-electron chi connectivity index (χ2n) is 5.75. The van der Waals surface area contributed by atoms with Crippen LogP contribution >= 0.6 is 0 Å². The van der Waals surface area contributed by atoms with Crippen molar-refractivity contribution in [2.45, 2.75) is 24.0 Å². The number of aromatic nitrogens is 2. The molecule has 0 radical (unpaired) electrons. The molecule has 0 bridgehead atoms. The van der Waals surface area contributed by atoms with Gasteiger partial charge in [0.05, 0.1) is 11.5 Å². The number of aliphatic hydroxyl groups excluding tert-OH is 3. The van der Waals surface area contributed by atoms with Gasteiger partial charge in [-0.2, -0.15) is 0 Å². The van der Waals surface area contributed by atoms with Gasteiger partial charge in [-0.3, -0.25) is 24.5 Å². The lowest BCUT2D eigenvalue weighted by atomic mass is 9.94. The van der Waals surface area contributed by atoms with Gasteiger partial charge in [-0.05, 0) is 12.1 Å². The van der Waals surface area contributed by atoms with Crippen LogP contribution in [0.3, 0.4) is 0 Å². The van der Waals surface area contributed by atoms with E-state index in [1.165, 1.54) is 12.1 Å². The number of non-ortho nitro benzene ring substituents is 1. The van der Waals surface area contributed by atoms with Crippen molar-refractivity contribution in [1.82, 2.24) is 9.55 Å². The van der Waals surface area contributed by atoms with E-state index in [1.54, 1.807) is 0 Å². The average molecular weight is 365 g/mol. The van der Waals surface area contributed by atoms with E-state index in [2.05, 4.69) is 0 Å². The molecule has 0 aliphatic carbocycles. The van der Waals surface area contributed by atoms with Crippen LogP contribution in [-0.4, -0.2) is 54.7 Å². The lowest BCUT2D eigenvalue weighted by Crippen LogP contribution is -2.52. The van der Waals surface area contributed by atoms with Crippen molar-refractivity contribution in [3.8, 4) is 0 Å². The van der Waals surface area contributed by atoms with E-state index in [-0.39, 0.29) is 11.3 Å². The Kier molecular flexibility index (Phi) is 4.46. The Morgan fingerprint density at radius 3 is 2.38 bits per heavy atom. The highest BCUT2D eigenvalue weighted by Crippen LogP contribution is 2.40. The molecule has 2 aromatic rings. The first kappa shape index (κ1) is 17.9. The number of H-pyrrole nitrogens is 1. The Balaban J connectivity index is 2.25. The van der Waals surface area contributed by atoms with Crippen molar-refractivity contribution in [3.05, 3.63) is 73.0 Å². The van der Waals surface area contributed by atoms with Crippen molar-refractivity contribution in [3.63, 3.8) is 0 Å². The molecule has 1 aliphatic heterocycles. The summed E-state index contributed by atoms with van der Waals surface area (Å²) >= 11 is 0. The molecule has 0 saturated carbocycles. The topological polar surface area (TPSA) is 168 Å². The molecule has 11 heteroatoms. The quantitative estimate of drug-likeness (QED) is 0.366. The molecular formula is C15H15N3O8. The molecule has 2 heterocycles. The van der Waals surface area contributed by atoms with Gasteiger partial charge in [0.25, 0.3) is 11.2 Å². The fraction of sp³-hybridized carbons (Fsp3) is 0.333. The van der Waals surface area contributed by atoms with Gasteiger partial charge in [-0.1, -0.05) is 0 Å². The second kappa shape index (κ2) is 6.46. The summed E-state index contributed by atoms with van der Waals surface area (Å²) in [4.78, 5) is 35.9. The summed E-state index contributed by atoms with van der Waals surface area (Å²) < 4.78 is 6.50. The molecule has 138 valence electrons. The SMILES string of the molecule is O=c1ccn([C@]2(c3ccc([N+](=O)[O-])cc3)O[C@H](CO)[C@@H](O)[C@H]2O)c(=O)[nH]1. The summed E-state index contributed by atoms with van der Waals surface area (Å²) in [6.07, 6.45) is -3.41. The highest BCUT2D eigenvalue weighted by Gasteiger charge is 2.57. The summed E-state index contributed by atoms with van der Waals surface area (Å²) in [5, 5.41) is 41.0. The van der Waals surface area contributed by atoms with Crippen LogP contribution in [0.25, 0.3) is 0 Å². The van der Waals surface area contributed by atoms with Crippen LogP contribution in [0, 0.1) is 10.1 Å². The van der Waals surface area contributed by atoms with Gasteiger partial charge in [0.1, 0.15) is 18.3 Å². The van der Waals surface area contributed by atoms with E-state index >= 15 is 0 Å². The number of nitro groups is 1. The monoisotopic (exact) mass is 365 g/mol. The molecule has 1 fully saturated rings. The Bertz CT molecular complexity index is 937. The Labute approximate surface area is 144 Å². The number of benzene rings is 1. The van der Waals surface area contributed by atoms with Gasteiger partial charge in [0, 0.05) is 30.0 Å². The van der Waals surface area contributed by atoms with Crippen molar-refractivity contribution in [2.75, 3.05) is 6.61 Å². The second-order valence-corrected chi connectivity index (χ2v) is 5.75. The summed E-state index contributed by atoms with van der Waals surface area (Å²) in [6, 6.07) is 5.81. The van der Waals surface area contributed by atoms with Crippen molar-refractivity contribution < 1.29 is 25.0 Å². The van der Waals surface area contributed by atoms with Crippen LogP contribution in [-0.2, 0) is 10.5 Å². The minimum atomic E-state index is -2.00. The van der Waals surface area contributed by atoms with E-state index in [9.17, 15) is 35.0 Å². The third-order valence-corrected chi connectivity index (χ3v) is 4.29. The summed E-state index contributed by atoms with van der Waals surface area (Å²) in [5.74, 6) is 0. The maximum absolute atomic E-state index is 12.3. The molecule has 3 rings (SSSR count). The Morgan fingerprint density at radius 1 is 1.23 bits per heavy atom. The van der Waals surface area contributed by atoms with Gasteiger partial charge in [0.2, 0.25) is 5.72 Å². The first-order chi connectivity index (χ1) is 12.3. The molecular weight excluding hydrogens is 350 g/mol. The minimum Gasteiger partial charge on any atom is -0.394 e. The molecule has 0 unspecified atom stereocenters. The first-order valence-corrected chi connectivity index (χ1v) is 7.53. The number of aliphatic hydroxyl groups is 3. The number of aromatic amines is 1. The van der Waals surface area contributed by atoms with Crippen LogP contribution in [0.4, 0.5) is 5.69 Å². The maximum Gasteiger partial charge on any atom is 0.331 e. The smallest absolute Gasteiger partial charge is 0.331 e. The molecule has 0 spiro atoms. The third kappa shape index (κ3) is 2.63. The fourth-order valence-electron chi connectivity index (χ4n) is 3.03. The van der Waals surface area contributed by atoms with Crippen LogP contribution in [0.1, 0.15) is 5.56 Å². The van der Waals surface area contributed by atoms with E-state index in [0.717, 1.165) is 29.0 Å². The standard InChI is InChI=1S/C15H15N3O8/c19-7-10-12(21)13(22)15(26-10,17-6-5-11(20)16-14(17)23)8-1-3-9(4-2-8)18(24)25/h1-6,10,12-13,19,21-22H,7H2,(H,16,20,23)/t10-,12-,13-,15-/m1/s1. The van der Waals surface area contributed by atoms with Crippen LogP contribution in [0.2, 0.25) is 0 Å². The lowest BCUT2D eigenvalue weighted by molar-refractivity contribution is -0.384. The minimum absolute atomic E-state index is 0.111. The molecule has 1 aliphatic rings. The summed E-state index contributed by atoms with van der Waals surface area (Å²) in [7, 11) is 0. The maximum atomic E-state index is 12.3. The number of nitro benzene ring substituents is 1. The molecule has 0 amide bonds. The number of nitrogens with one attached hydrogen (secondary N) is 1. The highest BCUT2D eigenvalue weighted by atomic mass is 16.6. The summed E-state index contributed by atoms with van der Waals surface area (Å²) in [5.41, 5.74) is -3.73. The number of rotatable bonds is 4. The van der Waals surface area contributed by atoms with Crippen LogP contribution in [0.5, 0.6) is 0 Å². The van der Waals surface area contributed by atoms with E-state index < -0.39 is 46.8 Å². The zero-order valence-electron chi connectivity index (χ0n) is 13.2. The van der Waals surface area contributed by atoms with Gasteiger partial charge in [-0.15, -0.1) is 0 Å². The lowest BCUT2D eigenvalue weighted by Gasteiger charge is -2.34. The van der Waals surface area contributed by atoms with Crippen molar-refractivity contribution >= 4 is 5.69 Å². The van der Waals surface area contributed by atoms with Crippen LogP contribution in [0.15, 0.2) is 46.1 Å². The highest BCUT2D eigenvalue weighted by molar-refractivity contribution is 5.37. The largest absolute Gasteiger partial charge is 0.394 e. The van der Waals surface area contributed by atoms with E-state index in [1.807, 2.05) is 4.98 Å². The normalized spacial score (nSPS) is 28.2. The molecule has 4 N–H and O–H groups in total. The predicted octanol–water partition coefficient (Wildman–Crippen LogP) is -1.74. The fourth-order valence-corrected chi connectivity index (χ4v) is 3.03. The number of hydrogen-bond donors (Lipinski definition) is 4. The molecule has 1 aromatic heterocycles. The molecule has 4 atom stereocenters. The molecule has 1 aromatic carbocycles. The summed E-state index contributed by atoms with van der Waals surface area (Å²) in [6.45, 7) is -0.648.